The van der Waals surface area contributed by atoms with Crippen molar-refractivity contribution >= 4 is 27.5 Å². The summed E-state index contributed by atoms with van der Waals surface area (Å²) in [5.74, 6) is 0.505. The van der Waals surface area contributed by atoms with Crippen LogP contribution in [0.5, 0.6) is 0 Å². The monoisotopic (exact) mass is 270 g/mol. The fourth-order valence-corrected chi connectivity index (χ4v) is 1.63. The van der Waals surface area contributed by atoms with Crippen LogP contribution in [0.1, 0.15) is 0 Å². The SMILES string of the molecule is Clc1cc(Br)nc(-c2cncnc2)n1. The van der Waals surface area contributed by atoms with Crippen LogP contribution in [0.2, 0.25) is 5.15 Å². The van der Waals surface area contributed by atoms with E-state index < -0.39 is 0 Å². The van der Waals surface area contributed by atoms with Crippen molar-refractivity contribution < 1.29 is 0 Å². The lowest BCUT2D eigenvalue weighted by Crippen LogP contribution is -1.91. The molecule has 0 aromatic carbocycles. The van der Waals surface area contributed by atoms with Crippen molar-refractivity contribution in [3.63, 3.8) is 0 Å². The molecule has 6 heteroatoms. The zero-order chi connectivity index (χ0) is 9.97. The number of nitrogens with zero attached hydrogens (tertiary/aromatic N) is 4. The number of rotatable bonds is 1. The molecule has 0 N–H and O–H groups in total. The first-order valence-corrected chi connectivity index (χ1v) is 4.88. The molecule has 2 rings (SSSR count). The predicted octanol–water partition coefficient (Wildman–Crippen LogP) is 2.35. The van der Waals surface area contributed by atoms with Gasteiger partial charge in [0.05, 0.1) is 5.56 Å². The van der Waals surface area contributed by atoms with Gasteiger partial charge in [-0.05, 0) is 15.9 Å². The van der Waals surface area contributed by atoms with Crippen molar-refractivity contribution in [2.45, 2.75) is 0 Å². The van der Waals surface area contributed by atoms with Gasteiger partial charge in [-0.25, -0.2) is 19.9 Å². The fourth-order valence-electron chi connectivity index (χ4n) is 0.934. The third-order valence-corrected chi connectivity index (χ3v) is 2.08. The summed E-state index contributed by atoms with van der Waals surface area (Å²) >= 11 is 9.01. The third-order valence-electron chi connectivity index (χ3n) is 1.48. The van der Waals surface area contributed by atoms with Crippen molar-refractivity contribution in [2.24, 2.45) is 0 Å². The molecule has 0 aliphatic carbocycles. The number of halogens is 2. The molecule has 0 saturated carbocycles. The Bertz CT molecular complexity index is 428. The lowest BCUT2D eigenvalue weighted by atomic mass is 10.3. The van der Waals surface area contributed by atoms with E-state index in [1.807, 2.05) is 0 Å². The van der Waals surface area contributed by atoms with E-state index in [1.54, 1.807) is 18.5 Å². The van der Waals surface area contributed by atoms with Crippen LogP contribution in [0.3, 0.4) is 0 Å². The van der Waals surface area contributed by atoms with Crippen LogP contribution >= 0.6 is 27.5 Å². The first-order chi connectivity index (χ1) is 6.75. The summed E-state index contributed by atoms with van der Waals surface area (Å²) in [6.07, 6.45) is 4.71. The quantitative estimate of drug-likeness (QED) is 0.747. The molecular weight excluding hydrogens is 267 g/mol. The van der Waals surface area contributed by atoms with Gasteiger partial charge in [-0.15, -0.1) is 0 Å². The van der Waals surface area contributed by atoms with Gasteiger partial charge in [0.2, 0.25) is 0 Å². The average Bonchev–Trinajstić information content (AvgIpc) is 2.18. The van der Waals surface area contributed by atoms with E-state index in [1.165, 1.54) is 6.33 Å². The Kier molecular flexibility index (Phi) is 2.69. The molecule has 0 fully saturated rings. The maximum atomic E-state index is 5.78. The van der Waals surface area contributed by atoms with Crippen molar-refractivity contribution in [3.8, 4) is 11.4 Å². The third kappa shape index (κ3) is 2.05. The van der Waals surface area contributed by atoms with Crippen LogP contribution in [0, 0.1) is 0 Å². The highest BCUT2D eigenvalue weighted by molar-refractivity contribution is 9.10. The Hall–Kier alpha value is -1.07. The van der Waals surface area contributed by atoms with E-state index in [0.717, 1.165) is 5.56 Å². The largest absolute Gasteiger partial charge is 0.244 e. The molecule has 0 bridgehead atoms. The molecule has 70 valence electrons. The van der Waals surface area contributed by atoms with Gasteiger partial charge < -0.3 is 0 Å². The maximum Gasteiger partial charge on any atom is 0.165 e. The molecule has 2 aromatic heterocycles. The highest BCUT2D eigenvalue weighted by Crippen LogP contribution is 2.18. The molecule has 0 saturated heterocycles. The molecule has 4 nitrogen and oxygen atoms in total. The Morgan fingerprint density at radius 1 is 1.14 bits per heavy atom. The summed E-state index contributed by atoms with van der Waals surface area (Å²) in [5.41, 5.74) is 0.732. The Labute approximate surface area is 93.5 Å². The second-order valence-electron chi connectivity index (χ2n) is 2.46. The van der Waals surface area contributed by atoms with Crippen molar-refractivity contribution in [1.82, 2.24) is 19.9 Å². The van der Waals surface area contributed by atoms with Gasteiger partial charge in [0.15, 0.2) is 5.82 Å². The summed E-state index contributed by atoms with van der Waals surface area (Å²) in [5, 5.41) is 0.380. The lowest BCUT2D eigenvalue weighted by Gasteiger charge is -1.99. The first-order valence-electron chi connectivity index (χ1n) is 3.71. The highest BCUT2D eigenvalue weighted by Gasteiger charge is 2.04. The standard InChI is InChI=1S/C8H4BrClN4/c9-6-1-7(10)14-8(13-6)5-2-11-4-12-3-5/h1-4H. The molecule has 0 unspecified atom stereocenters. The van der Waals surface area contributed by atoms with Gasteiger partial charge in [0.1, 0.15) is 16.1 Å². The smallest absolute Gasteiger partial charge is 0.165 e. The van der Waals surface area contributed by atoms with E-state index >= 15 is 0 Å². The summed E-state index contributed by atoms with van der Waals surface area (Å²) in [6.45, 7) is 0. The van der Waals surface area contributed by atoms with Gasteiger partial charge >= 0.3 is 0 Å². The minimum atomic E-state index is 0.380. The second-order valence-corrected chi connectivity index (χ2v) is 3.66. The van der Waals surface area contributed by atoms with E-state index in [9.17, 15) is 0 Å². The fraction of sp³-hybridized carbons (Fsp3) is 0. The molecule has 0 aliphatic heterocycles. The molecule has 2 heterocycles. The molecule has 2 aromatic rings. The second kappa shape index (κ2) is 3.98. The molecule has 0 spiro atoms. The summed E-state index contributed by atoms with van der Waals surface area (Å²) in [4.78, 5) is 15.9. The molecular formula is C8H4BrClN4. The van der Waals surface area contributed by atoms with Crippen molar-refractivity contribution in [2.75, 3.05) is 0 Å². The molecule has 0 amide bonds. The summed E-state index contributed by atoms with van der Waals surface area (Å²) < 4.78 is 0.636. The zero-order valence-corrected chi connectivity index (χ0v) is 9.20. The average molecular weight is 272 g/mol. The highest BCUT2D eigenvalue weighted by atomic mass is 79.9. The number of hydrogen-bond donors (Lipinski definition) is 0. The Balaban J connectivity index is 2.52. The van der Waals surface area contributed by atoms with Gasteiger partial charge in [-0.1, -0.05) is 11.6 Å². The summed E-state index contributed by atoms with van der Waals surface area (Å²) in [6, 6.07) is 1.62. The topological polar surface area (TPSA) is 51.6 Å². The number of aromatic nitrogens is 4. The van der Waals surface area contributed by atoms with Gasteiger partial charge in [-0.2, -0.15) is 0 Å². The normalized spacial score (nSPS) is 10.1. The Morgan fingerprint density at radius 3 is 2.50 bits per heavy atom. The van der Waals surface area contributed by atoms with E-state index in [4.69, 9.17) is 11.6 Å². The van der Waals surface area contributed by atoms with Crippen molar-refractivity contribution in [1.29, 1.82) is 0 Å². The van der Waals surface area contributed by atoms with Gasteiger partial charge in [-0.3, -0.25) is 0 Å². The van der Waals surface area contributed by atoms with E-state index in [0.29, 0.717) is 15.6 Å². The van der Waals surface area contributed by atoms with Crippen LogP contribution in [0.4, 0.5) is 0 Å². The predicted molar refractivity (Wildman–Crippen MR) is 55.8 cm³/mol. The van der Waals surface area contributed by atoms with Gasteiger partial charge in [0.25, 0.3) is 0 Å². The summed E-state index contributed by atoms with van der Waals surface area (Å²) in [7, 11) is 0. The lowest BCUT2D eigenvalue weighted by molar-refractivity contribution is 1.11. The Morgan fingerprint density at radius 2 is 1.86 bits per heavy atom. The molecule has 0 atom stereocenters. The van der Waals surface area contributed by atoms with E-state index in [2.05, 4.69) is 35.9 Å². The number of hydrogen-bond acceptors (Lipinski definition) is 4. The first kappa shape index (κ1) is 9.48. The van der Waals surface area contributed by atoms with Gasteiger partial charge in [0, 0.05) is 18.5 Å². The molecule has 0 radical (unpaired) electrons. The van der Waals surface area contributed by atoms with Crippen LogP contribution in [0.25, 0.3) is 11.4 Å². The zero-order valence-electron chi connectivity index (χ0n) is 6.85. The molecule has 0 aliphatic rings. The molecule has 14 heavy (non-hydrogen) atoms. The van der Waals surface area contributed by atoms with Crippen LogP contribution in [-0.2, 0) is 0 Å². The van der Waals surface area contributed by atoms with E-state index in [-0.39, 0.29) is 0 Å². The van der Waals surface area contributed by atoms with Crippen LogP contribution in [0.15, 0.2) is 29.4 Å². The minimum absolute atomic E-state index is 0.380. The van der Waals surface area contributed by atoms with Crippen LogP contribution < -0.4 is 0 Å². The maximum absolute atomic E-state index is 5.78. The van der Waals surface area contributed by atoms with Crippen molar-refractivity contribution in [3.05, 3.63) is 34.5 Å². The van der Waals surface area contributed by atoms with Crippen LogP contribution in [-0.4, -0.2) is 19.9 Å². The minimum Gasteiger partial charge on any atom is -0.244 e.